The number of ketones is 1. The fourth-order valence-electron chi connectivity index (χ4n) is 4.60. The monoisotopic (exact) mass is 397 g/mol. The molecule has 2 aliphatic carbocycles. The van der Waals surface area contributed by atoms with Crippen LogP contribution < -0.4 is 9.47 Å². The van der Waals surface area contributed by atoms with Crippen LogP contribution in [0.5, 0.6) is 11.5 Å². The maximum atomic E-state index is 12.9. The highest BCUT2D eigenvalue weighted by Gasteiger charge is 2.33. The van der Waals surface area contributed by atoms with Crippen molar-refractivity contribution < 1.29 is 23.8 Å². The highest BCUT2D eigenvalue weighted by molar-refractivity contribution is 6.03. The second-order valence-corrected chi connectivity index (χ2v) is 7.93. The summed E-state index contributed by atoms with van der Waals surface area (Å²) in [7, 11) is 3.20. The van der Waals surface area contributed by atoms with Gasteiger partial charge in [-0.1, -0.05) is 6.07 Å². The Hall–Kier alpha value is -2.76. The zero-order chi connectivity index (χ0) is 20.5. The molecule has 1 N–H and O–H groups in total. The maximum absolute atomic E-state index is 12.9. The molecule has 1 saturated carbocycles. The van der Waals surface area contributed by atoms with Gasteiger partial charge in [-0.2, -0.15) is 0 Å². The number of nitrogens with one attached hydrogen (secondary N) is 1. The van der Waals surface area contributed by atoms with Crippen LogP contribution in [0.1, 0.15) is 75.7 Å². The van der Waals surface area contributed by atoms with Gasteiger partial charge in [-0.15, -0.1) is 0 Å². The molecule has 0 amide bonds. The van der Waals surface area contributed by atoms with Crippen LogP contribution in [-0.4, -0.2) is 37.1 Å². The van der Waals surface area contributed by atoms with Gasteiger partial charge in [0, 0.05) is 17.7 Å². The lowest BCUT2D eigenvalue weighted by atomic mass is 9.81. The molecule has 0 spiro atoms. The number of hydrogen-bond acceptors (Lipinski definition) is 5. The zero-order valence-corrected chi connectivity index (χ0v) is 17.2. The van der Waals surface area contributed by atoms with Gasteiger partial charge in [0.25, 0.3) is 0 Å². The number of aromatic nitrogens is 1. The molecule has 1 fully saturated rings. The third-order valence-corrected chi connectivity index (χ3v) is 6.15. The van der Waals surface area contributed by atoms with E-state index in [2.05, 4.69) is 4.98 Å². The lowest BCUT2D eigenvalue weighted by Crippen LogP contribution is -2.18. The summed E-state index contributed by atoms with van der Waals surface area (Å²) in [6.45, 7) is 1.83. The number of aromatic amines is 1. The number of benzene rings is 1. The molecule has 154 valence electrons. The SMILES string of the molecule is COc1ccc([C@H]2CC(=O)c3c([nH]c(C(=O)OC4CCCC4)c3C)C2)cc1OC. The highest BCUT2D eigenvalue weighted by atomic mass is 16.5. The predicted molar refractivity (Wildman–Crippen MR) is 108 cm³/mol. The number of methoxy groups -OCH3 is 2. The third-order valence-electron chi connectivity index (χ3n) is 6.15. The first-order valence-corrected chi connectivity index (χ1v) is 10.2. The van der Waals surface area contributed by atoms with Crippen molar-refractivity contribution in [3.8, 4) is 11.5 Å². The zero-order valence-electron chi connectivity index (χ0n) is 17.2. The van der Waals surface area contributed by atoms with Crippen molar-refractivity contribution in [2.45, 2.75) is 57.5 Å². The van der Waals surface area contributed by atoms with Crippen molar-refractivity contribution in [2.75, 3.05) is 14.2 Å². The number of carbonyl (C=O) groups is 2. The molecule has 2 aliphatic rings. The molecular weight excluding hydrogens is 370 g/mol. The van der Waals surface area contributed by atoms with E-state index in [0.717, 1.165) is 36.9 Å². The number of fused-ring (bicyclic) bond motifs is 1. The Bertz CT molecular complexity index is 939. The minimum absolute atomic E-state index is 0.00237. The Morgan fingerprint density at radius 1 is 1.07 bits per heavy atom. The van der Waals surface area contributed by atoms with E-state index in [1.807, 2.05) is 25.1 Å². The molecule has 0 radical (unpaired) electrons. The van der Waals surface area contributed by atoms with Crippen LogP contribution >= 0.6 is 0 Å². The highest BCUT2D eigenvalue weighted by Crippen LogP contribution is 2.38. The molecule has 0 bridgehead atoms. The van der Waals surface area contributed by atoms with E-state index >= 15 is 0 Å². The molecular formula is C23H27NO5. The number of rotatable bonds is 5. The Morgan fingerprint density at radius 3 is 2.48 bits per heavy atom. The van der Waals surface area contributed by atoms with Crippen LogP contribution in [0.2, 0.25) is 0 Å². The Labute approximate surface area is 170 Å². The number of ether oxygens (including phenoxy) is 3. The first-order valence-electron chi connectivity index (χ1n) is 10.2. The first-order chi connectivity index (χ1) is 14.0. The Kier molecular flexibility index (Phi) is 5.35. The first kappa shape index (κ1) is 19.6. The minimum atomic E-state index is -0.348. The quantitative estimate of drug-likeness (QED) is 0.759. The lowest BCUT2D eigenvalue weighted by molar-refractivity contribution is 0.0310. The molecule has 0 saturated heterocycles. The van der Waals surface area contributed by atoms with Crippen molar-refractivity contribution >= 4 is 11.8 Å². The fraction of sp³-hybridized carbons (Fsp3) is 0.478. The number of carbonyl (C=O) groups excluding carboxylic acids is 2. The predicted octanol–water partition coefficient (Wildman–Crippen LogP) is 4.35. The molecule has 0 unspecified atom stereocenters. The molecule has 29 heavy (non-hydrogen) atoms. The molecule has 1 heterocycles. The second kappa shape index (κ2) is 7.93. The van der Waals surface area contributed by atoms with E-state index in [1.54, 1.807) is 14.2 Å². The number of H-pyrrole nitrogens is 1. The third kappa shape index (κ3) is 3.63. The number of Topliss-reactive ketones (excluding diaryl/α,β-unsaturated/α-hetero) is 1. The van der Waals surface area contributed by atoms with Crippen LogP contribution in [0, 0.1) is 6.92 Å². The van der Waals surface area contributed by atoms with Gasteiger partial charge in [0.2, 0.25) is 0 Å². The summed E-state index contributed by atoms with van der Waals surface area (Å²) in [6.07, 6.45) is 5.11. The average molecular weight is 397 g/mol. The molecule has 1 aromatic heterocycles. The largest absolute Gasteiger partial charge is 0.493 e. The van der Waals surface area contributed by atoms with Crippen LogP contribution in [-0.2, 0) is 11.2 Å². The smallest absolute Gasteiger partial charge is 0.355 e. The van der Waals surface area contributed by atoms with E-state index < -0.39 is 0 Å². The van der Waals surface area contributed by atoms with Crippen molar-refractivity contribution in [3.05, 3.63) is 46.3 Å². The van der Waals surface area contributed by atoms with Gasteiger partial charge in [0.1, 0.15) is 11.8 Å². The van der Waals surface area contributed by atoms with Gasteiger partial charge in [-0.25, -0.2) is 4.79 Å². The summed E-state index contributed by atoms with van der Waals surface area (Å²) < 4.78 is 16.4. The molecule has 0 aliphatic heterocycles. The van der Waals surface area contributed by atoms with Crippen molar-refractivity contribution in [1.82, 2.24) is 4.98 Å². The van der Waals surface area contributed by atoms with Gasteiger partial charge in [0.15, 0.2) is 17.3 Å². The van der Waals surface area contributed by atoms with Crippen LogP contribution in [0.25, 0.3) is 0 Å². The van der Waals surface area contributed by atoms with Gasteiger partial charge in [0.05, 0.1) is 14.2 Å². The maximum Gasteiger partial charge on any atom is 0.355 e. The van der Waals surface area contributed by atoms with E-state index in [0.29, 0.717) is 41.2 Å². The summed E-state index contributed by atoms with van der Waals surface area (Å²) in [4.78, 5) is 28.8. The van der Waals surface area contributed by atoms with Gasteiger partial charge >= 0.3 is 5.97 Å². The van der Waals surface area contributed by atoms with Crippen molar-refractivity contribution in [3.63, 3.8) is 0 Å². The van der Waals surface area contributed by atoms with E-state index in [1.165, 1.54) is 0 Å². The van der Waals surface area contributed by atoms with Crippen LogP contribution in [0.3, 0.4) is 0 Å². The summed E-state index contributed by atoms with van der Waals surface area (Å²) in [6, 6.07) is 5.75. The summed E-state index contributed by atoms with van der Waals surface area (Å²) in [5, 5.41) is 0. The van der Waals surface area contributed by atoms with Gasteiger partial charge < -0.3 is 19.2 Å². The van der Waals surface area contributed by atoms with Crippen LogP contribution in [0.4, 0.5) is 0 Å². The molecule has 6 nitrogen and oxygen atoms in total. The Morgan fingerprint density at radius 2 is 1.79 bits per heavy atom. The summed E-state index contributed by atoms with van der Waals surface area (Å²) in [5.74, 6) is 1.03. The number of hydrogen-bond donors (Lipinski definition) is 1. The molecule has 1 aromatic carbocycles. The second-order valence-electron chi connectivity index (χ2n) is 7.93. The minimum Gasteiger partial charge on any atom is -0.493 e. The van der Waals surface area contributed by atoms with E-state index in [9.17, 15) is 9.59 Å². The van der Waals surface area contributed by atoms with Crippen LogP contribution in [0.15, 0.2) is 18.2 Å². The lowest BCUT2D eigenvalue weighted by Gasteiger charge is -2.23. The average Bonchev–Trinajstić information content (AvgIpc) is 3.35. The topological polar surface area (TPSA) is 77.6 Å². The molecule has 6 heteroatoms. The number of esters is 1. The van der Waals surface area contributed by atoms with Gasteiger partial charge in [-0.05, 0) is 68.2 Å². The van der Waals surface area contributed by atoms with Crippen molar-refractivity contribution in [2.24, 2.45) is 0 Å². The fourth-order valence-corrected chi connectivity index (χ4v) is 4.60. The van der Waals surface area contributed by atoms with E-state index in [4.69, 9.17) is 14.2 Å². The molecule has 2 aromatic rings. The Balaban J connectivity index is 1.59. The summed E-state index contributed by atoms with van der Waals surface area (Å²) in [5.41, 5.74) is 3.61. The van der Waals surface area contributed by atoms with Gasteiger partial charge in [-0.3, -0.25) is 4.79 Å². The summed E-state index contributed by atoms with van der Waals surface area (Å²) >= 11 is 0. The molecule has 4 rings (SSSR count). The molecule has 1 atom stereocenters. The normalized spacial score (nSPS) is 19.1. The van der Waals surface area contributed by atoms with E-state index in [-0.39, 0.29) is 23.8 Å². The standard InChI is InChI=1S/C23H27NO5/c1-13-21-17(24-22(13)23(26)29-16-6-4-5-7-16)10-15(11-18(21)25)14-8-9-19(27-2)20(12-14)28-3/h8-9,12,15-16,24H,4-7,10-11H2,1-3H3/t15-/m1/s1. The van der Waals surface area contributed by atoms with Crippen molar-refractivity contribution in [1.29, 1.82) is 0 Å².